The van der Waals surface area contributed by atoms with Crippen LogP contribution in [0, 0.1) is 11.3 Å². The number of likely N-dealkylation sites (tertiary alicyclic amines) is 1. The van der Waals surface area contributed by atoms with E-state index < -0.39 is 6.09 Å². The molecule has 1 saturated carbocycles. The van der Waals surface area contributed by atoms with E-state index in [1.54, 1.807) is 6.20 Å². The molecule has 1 atom stereocenters. The zero-order valence-corrected chi connectivity index (χ0v) is 13.6. The fraction of sp³-hybridized carbons (Fsp3) is 0.588. The minimum atomic E-state index is -0.821. The third-order valence-electron chi connectivity index (χ3n) is 5.90. The second kappa shape index (κ2) is 5.65. The maximum atomic E-state index is 12.4. The zero-order chi connectivity index (χ0) is 16.7. The van der Waals surface area contributed by atoms with Gasteiger partial charge in [0, 0.05) is 45.1 Å². The number of fused-ring (bicyclic) bond motifs is 1. The lowest BCUT2D eigenvalue weighted by molar-refractivity contribution is 0.117. The van der Waals surface area contributed by atoms with Gasteiger partial charge in [-0.2, -0.15) is 0 Å². The standard InChI is InChI=1S/C17H22N4O3/c22-15(21-10-12-1-4-18-8-13(12)11-21)19-9-14-7-17(14)2-5-20(6-3-17)16(23)24/h1,4,8,14H,2-3,5-7,9-11H2,(H,19,22)(H,23,24)/t14-/m1/s1. The van der Waals surface area contributed by atoms with Crippen LogP contribution in [0.5, 0.6) is 0 Å². The average Bonchev–Trinajstić information content (AvgIpc) is 3.06. The van der Waals surface area contributed by atoms with Gasteiger partial charge in [0.05, 0.1) is 0 Å². The Morgan fingerprint density at radius 2 is 2.00 bits per heavy atom. The molecule has 2 aliphatic heterocycles. The molecule has 3 aliphatic rings. The van der Waals surface area contributed by atoms with Crippen LogP contribution in [0.15, 0.2) is 18.5 Å². The molecule has 2 N–H and O–H groups in total. The molecule has 2 fully saturated rings. The number of pyridine rings is 1. The highest BCUT2D eigenvalue weighted by Gasteiger charge is 2.54. The van der Waals surface area contributed by atoms with Crippen LogP contribution in [0.1, 0.15) is 30.4 Å². The van der Waals surface area contributed by atoms with E-state index in [9.17, 15) is 9.59 Å². The van der Waals surface area contributed by atoms with Crippen molar-refractivity contribution in [2.75, 3.05) is 19.6 Å². The number of carboxylic acid groups (broad SMARTS) is 1. The summed E-state index contributed by atoms with van der Waals surface area (Å²) < 4.78 is 0. The van der Waals surface area contributed by atoms with Crippen molar-refractivity contribution in [3.63, 3.8) is 0 Å². The summed E-state index contributed by atoms with van der Waals surface area (Å²) in [5, 5.41) is 12.1. The molecular formula is C17H22N4O3. The number of nitrogens with zero attached hydrogens (tertiary/aromatic N) is 3. The summed E-state index contributed by atoms with van der Waals surface area (Å²) in [6.45, 7) is 3.20. The third-order valence-corrected chi connectivity index (χ3v) is 5.90. The lowest BCUT2D eigenvalue weighted by Gasteiger charge is -2.31. The molecule has 1 aromatic heterocycles. The third kappa shape index (κ3) is 2.68. The lowest BCUT2D eigenvalue weighted by Crippen LogP contribution is -2.40. The molecule has 4 rings (SSSR count). The van der Waals surface area contributed by atoms with E-state index in [2.05, 4.69) is 10.3 Å². The molecular weight excluding hydrogens is 308 g/mol. The molecule has 1 aliphatic carbocycles. The van der Waals surface area contributed by atoms with Crippen molar-refractivity contribution in [3.05, 3.63) is 29.6 Å². The number of nitrogens with one attached hydrogen (secondary N) is 1. The fourth-order valence-corrected chi connectivity index (χ4v) is 4.16. The number of piperidine rings is 1. The molecule has 1 aromatic rings. The summed E-state index contributed by atoms with van der Waals surface area (Å²) in [5.41, 5.74) is 2.55. The highest BCUT2D eigenvalue weighted by molar-refractivity contribution is 5.75. The summed E-state index contributed by atoms with van der Waals surface area (Å²) in [7, 11) is 0. The normalized spacial score (nSPS) is 23.9. The van der Waals surface area contributed by atoms with E-state index in [1.807, 2.05) is 17.2 Å². The number of rotatable bonds is 2. The highest BCUT2D eigenvalue weighted by atomic mass is 16.4. The van der Waals surface area contributed by atoms with E-state index in [4.69, 9.17) is 5.11 Å². The second-order valence-corrected chi connectivity index (χ2v) is 7.22. The lowest BCUT2D eigenvalue weighted by atomic mass is 9.91. The van der Waals surface area contributed by atoms with Crippen molar-refractivity contribution >= 4 is 12.1 Å². The van der Waals surface area contributed by atoms with Gasteiger partial charge in [-0.3, -0.25) is 4.98 Å². The topological polar surface area (TPSA) is 85.8 Å². The van der Waals surface area contributed by atoms with E-state index in [1.165, 1.54) is 10.5 Å². The van der Waals surface area contributed by atoms with Gasteiger partial charge in [-0.05, 0) is 47.8 Å². The quantitative estimate of drug-likeness (QED) is 0.867. The highest BCUT2D eigenvalue weighted by Crippen LogP contribution is 2.59. The van der Waals surface area contributed by atoms with Crippen LogP contribution in [0.25, 0.3) is 0 Å². The number of amides is 3. The van der Waals surface area contributed by atoms with Gasteiger partial charge < -0.3 is 20.2 Å². The Balaban J connectivity index is 1.24. The van der Waals surface area contributed by atoms with Crippen LogP contribution in [0.2, 0.25) is 0 Å². The summed E-state index contributed by atoms with van der Waals surface area (Å²) in [6.07, 6.45) is 5.71. The fourth-order valence-electron chi connectivity index (χ4n) is 4.16. The molecule has 0 radical (unpaired) electrons. The van der Waals surface area contributed by atoms with Crippen molar-refractivity contribution in [1.82, 2.24) is 20.1 Å². The predicted octanol–water partition coefficient (Wildman–Crippen LogP) is 1.89. The molecule has 1 saturated heterocycles. The van der Waals surface area contributed by atoms with Crippen LogP contribution in [0.3, 0.4) is 0 Å². The monoisotopic (exact) mass is 330 g/mol. The van der Waals surface area contributed by atoms with Crippen molar-refractivity contribution < 1.29 is 14.7 Å². The SMILES string of the molecule is O=C(O)N1CCC2(CC1)C[C@@H]2CNC(=O)N1Cc2ccncc2C1. The van der Waals surface area contributed by atoms with Gasteiger partial charge in [0.2, 0.25) is 0 Å². The van der Waals surface area contributed by atoms with Gasteiger partial charge in [0.25, 0.3) is 0 Å². The van der Waals surface area contributed by atoms with Gasteiger partial charge in [-0.1, -0.05) is 0 Å². The molecule has 3 heterocycles. The van der Waals surface area contributed by atoms with Crippen LogP contribution in [-0.2, 0) is 13.1 Å². The number of hydrogen-bond acceptors (Lipinski definition) is 3. The molecule has 7 heteroatoms. The van der Waals surface area contributed by atoms with E-state index in [-0.39, 0.29) is 11.4 Å². The van der Waals surface area contributed by atoms with Gasteiger partial charge in [0.15, 0.2) is 0 Å². The molecule has 24 heavy (non-hydrogen) atoms. The minimum absolute atomic E-state index is 0.0174. The number of carbonyl (C=O) groups excluding carboxylic acids is 1. The molecule has 1 spiro atoms. The largest absolute Gasteiger partial charge is 0.465 e. The molecule has 0 aromatic carbocycles. The summed E-state index contributed by atoms with van der Waals surface area (Å²) in [5.74, 6) is 0.490. The number of aromatic nitrogens is 1. The minimum Gasteiger partial charge on any atom is -0.465 e. The van der Waals surface area contributed by atoms with E-state index in [0.29, 0.717) is 38.6 Å². The number of carbonyl (C=O) groups is 2. The Morgan fingerprint density at radius 1 is 1.25 bits per heavy atom. The number of hydrogen-bond donors (Lipinski definition) is 2. The Kier molecular flexibility index (Phi) is 3.58. The van der Waals surface area contributed by atoms with Crippen molar-refractivity contribution in [2.45, 2.75) is 32.4 Å². The van der Waals surface area contributed by atoms with Crippen molar-refractivity contribution in [1.29, 1.82) is 0 Å². The van der Waals surface area contributed by atoms with Crippen molar-refractivity contribution in [2.24, 2.45) is 11.3 Å². The number of urea groups is 1. The van der Waals surface area contributed by atoms with Gasteiger partial charge in [-0.25, -0.2) is 9.59 Å². The molecule has 3 amide bonds. The van der Waals surface area contributed by atoms with E-state index in [0.717, 1.165) is 24.8 Å². The maximum absolute atomic E-state index is 12.4. The molecule has 7 nitrogen and oxygen atoms in total. The Labute approximate surface area is 140 Å². The summed E-state index contributed by atoms with van der Waals surface area (Å²) in [6, 6.07) is 1.95. The smallest absolute Gasteiger partial charge is 0.407 e. The zero-order valence-electron chi connectivity index (χ0n) is 13.6. The van der Waals surface area contributed by atoms with E-state index >= 15 is 0 Å². The van der Waals surface area contributed by atoms with Gasteiger partial charge >= 0.3 is 12.1 Å². The Morgan fingerprint density at radius 3 is 2.71 bits per heavy atom. The Bertz CT molecular complexity index is 645. The van der Waals surface area contributed by atoms with Crippen LogP contribution in [-0.4, -0.2) is 51.6 Å². The van der Waals surface area contributed by atoms with Crippen LogP contribution in [0.4, 0.5) is 9.59 Å². The Hall–Kier alpha value is -2.31. The average molecular weight is 330 g/mol. The predicted molar refractivity (Wildman–Crippen MR) is 86.3 cm³/mol. The second-order valence-electron chi connectivity index (χ2n) is 7.22. The first-order chi connectivity index (χ1) is 11.6. The molecule has 128 valence electrons. The summed E-state index contributed by atoms with van der Waals surface area (Å²) >= 11 is 0. The van der Waals surface area contributed by atoms with Gasteiger partial charge in [-0.15, -0.1) is 0 Å². The van der Waals surface area contributed by atoms with Crippen molar-refractivity contribution in [3.8, 4) is 0 Å². The molecule has 0 unspecified atom stereocenters. The van der Waals surface area contributed by atoms with Gasteiger partial charge in [0.1, 0.15) is 0 Å². The molecule has 0 bridgehead atoms. The van der Waals surface area contributed by atoms with Crippen LogP contribution >= 0.6 is 0 Å². The first-order valence-electron chi connectivity index (χ1n) is 8.50. The first kappa shape index (κ1) is 15.2. The maximum Gasteiger partial charge on any atom is 0.407 e. The first-order valence-corrected chi connectivity index (χ1v) is 8.50. The van der Waals surface area contributed by atoms with Crippen LogP contribution < -0.4 is 5.32 Å². The summed E-state index contributed by atoms with van der Waals surface area (Å²) in [4.78, 5) is 30.8.